The molecule has 4 saturated carbocycles. The van der Waals surface area contributed by atoms with Gasteiger partial charge < -0.3 is 14.9 Å². The summed E-state index contributed by atoms with van der Waals surface area (Å²) in [4.78, 5) is 11.6. The van der Waals surface area contributed by atoms with Gasteiger partial charge in [0.05, 0.1) is 11.7 Å². The Morgan fingerprint density at radius 3 is 2.46 bits per heavy atom. The fourth-order valence-corrected chi connectivity index (χ4v) is 8.27. The van der Waals surface area contributed by atoms with E-state index >= 15 is 0 Å². The van der Waals surface area contributed by atoms with E-state index in [1.165, 1.54) is 6.92 Å². The zero-order chi connectivity index (χ0) is 18.9. The fourth-order valence-electron chi connectivity index (χ4n) is 7.60. The van der Waals surface area contributed by atoms with Crippen molar-refractivity contribution in [3.63, 3.8) is 0 Å². The van der Waals surface area contributed by atoms with E-state index in [-0.39, 0.29) is 27.7 Å². The minimum absolute atomic E-state index is 0.00851. The highest BCUT2D eigenvalue weighted by Crippen LogP contribution is 2.67. The van der Waals surface area contributed by atoms with Gasteiger partial charge in [-0.1, -0.05) is 29.8 Å². The van der Waals surface area contributed by atoms with Gasteiger partial charge in [-0.3, -0.25) is 4.79 Å². The molecule has 4 aliphatic rings. The van der Waals surface area contributed by atoms with E-state index < -0.39 is 11.7 Å². The van der Waals surface area contributed by atoms with Crippen LogP contribution < -0.4 is 0 Å². The minimum atomic E-state index is -0.984. The largest absolute Gasteiger partial charge is 0.462 e. The predicted molar refractivity (Wildman–Crippen MR) is 103 cm³/mol. The van der Waals surface area contributed by atoms with Gasteiger partial charge in [0.2, 0.25) is 0 Å². The zero-order valence-corrected chi connectivity index (χ0v) is 17.8. The minimum Gasteiger partial charge on any atom is -0.462 e. The summed E-state index contributed by atoms with van der Waals surface area (Å²) in [6.07, 6.45) is 7.10. The van der Waals surface area contributed by atoms with Gasteiger partial charge in [0.1, 0.15) is 6.10 Å². The smallest absolute Gasteiger partial charge is 0.302 e. The van der Waals surface area contributed by atoms with Crippen LogP contribution in [0.4, 0.5) is 0 Å². The van der Waals surface area contributed by atoms with E-state index in [0.717, 1.165) is 44.9 Å². The van der Waals surface area contributed by atoms with Crippen molar-refractivity contribution in [3.05, 3.63) is 0 Å². The third kappa shape index (κ3) is 2.42. The molecule has 4 rings (SSSR count). The molecule has 5 heteroatoms. The molecule has 0 radical (unpaired) electrons. The van der Waals surface area contributed by atoms with Crippen molar-refractivity contribution in [2.75, 3.05) is 0 Å². The topological polar surface area (TPSA) is 66.8 Å². The second-order valence-electron chi connectivity index (χ2n) is 9.98. The first-order chi connectivity index (χ1) is 12.1. The van der Waals surface area contributed by atoms with Crippen molar-refractivity contribution in [2.24, 2.45) is 28.6 Å². The number of halogens is 1. The van der Waals surface area contributed by atoms with E-state index in [1.807, 2.05) is 0 Å². The number of aliphatic hydroxyl groups excluding tert-OH is 1. The van der Waals surface area contributed by atoms with Crippen molar-refractivity contribution in [1.29, 1.82) is 0 Å². The van der Waals surface area contributed by atoms with Crippen molar-refractivity contribution in [3.8, 4) is 0 Å². The lowest BCUT2D eigenvalue weighted by atomic mass is 9.43. The van der Waals surface area contributed by atoms with Crippen LogP contribution in [0.15, 0.2) is 0 Å². The van der Waals surface area contributed by atoms with Crippen LogP contribution in [0.3, 0.4) is 0 Å². The van der Waals surface area contributed by atoms with Gasteiger partial charge in [-0.05, 0) is 69.1 Å². The molecule has 4 nitrogen and oxygen atoms in total. The van der Waals surface area contributed by atoms with E-state index in [4.69, 9.17) is 4.74 Å². The summed E-state index contributed by atoms with van der Waals surface area (Å²) in [6, 6.07) is 0. The number of esters is 1. The maximum atomic E-state index is 11.6. The second-order valence-corrected chi connectivity index (χ2v) is 11.2. The first kappa shape index (κ1) is 19.2. The van der Waals surface area contributed by atoms with Gasteiger partial charge in [-0.2, -0.15) is 0 Å². The number of fused-ring (bicyclic) bond motifs is 5. The molecule has 9 atom stereocenters. The third-order valence-electron chi connectivity index (χ3n) is 9.10. The number of alkyl halides is 1. The van der Waals surface area contributed by atoms with Crippen molar-refractivity contribution >= 4 is 21.9 Å². The molecule has 148 valence electrons. The van der Waals surface area contributed by atoms with Crippen LogP contribution in [0, 0.1) is 28.6 Å². The Morgan fingerprint density at radius 2 is 1.77 bits per heavy atom. The van der Waals surface area contributed by atoms with Gasteiger partial charge in [0.25, 0.3) is 0 Å². The summed E-state index contributed by atoms with van der Waals surface area (Å²) in [6.45, 7) is 6.07. The molecule has 0 amide bonds. The maximum Gasteiger partial charge on any atom is 0.302 e. The van der Waals surface area contributed by atoms with Crippen molar-refractivity contribution in [2.45, 2.75) is 94.8 Å². The van der Waals surface area contributed by atoms with E-state index in [1.54, 1.807) is 0 Å². The Balaban J connectivity index is 1.63. The lowest BCUT2D eigenvalue weighted by molar-refractivity contribution is -0.244. The lowest BCUT2D eigenvalue weighted by Gasteiger charge is -2.64. The summed E-state index contributed by atoms with van der Waals surface area (Å²) < 4.78 is 5.71. The first-order valence-corrected chi connectivity index (χ1v) is 11.3. The summed E-state index contributed by atoms with van der Waals surface area (Å²) in [5.74, 6) is 1.41. The molecule has 0 saturated heterocycles. The van der Waals surface area contributed by atoms with E-state index in [2.05, 4.69) is 29.8 Å². The Morgan fingerprint density at radius 1 is 1.04 bits per heavy atom. The first-order valence-electron chi connectivity index (χ1n) is 10.4. The van der Waals surface area contributed by atoms with Crippen molar-refractivity contribution < 1.29 is 19.7 Å². The molecule has 0 bridgehead atoms. The average molecular weight is 429 g/mol. The standard InChI is InChI=1S/C21H33BrO4/c1-12(23)26-17-5-4-14-13-6-11-21(25)18(24)16(22)8-10-20(21,3)15(13)7-9-19(14,17)2/h13-18,24-25H,4-11H2,1-3H3/t13-,14-,15-,16+,17-,18-,19-,20+,21-/m0/s1. The Labute approximate surface area is 165 Å². The normalized spacial score (nSPS) is 56.2. The molecule has 0 aromatic rings. The predicted octanol–water partition coefficient (Wildman–Crippen LogP) is 3.81. The molecule has 2 N–H and O–H groups in total. The summed E-state index contributed by atoms with van der Waals surface area (Å²) in [7, 11) is 0. The lowest BCUT2D eigenvalue weighted by Crippen LogP contribution is -2.68. The van der Waals surface area contributed by atoms with Gasteiger partial charge in [-0.25, -0.2) is 0 Å². The highest BCUT2D eigenvalue weighted by Gasteiger charge is 2.67. The van der Waals surface area contributed by atoms with Crippen LogP contribution in [0.2, 0.25) is 0 Å². The van der Waals surface area contributed by atoms with Gasteiger partial charge >= 0.3 is 5.97 Å². The highest BCUT2D eigenvalue weighted by molar-refractivity contribution is 9.09. The molecule has 26 heavy (non-hydrogen) atoms. The third-order valence-corrected chi connectivity index (χ3v) is 10.1. The molecule has 0 heterocycles. The van der Waals surface area contributed by atoms with Gasteiger partial charge in [0, 0.05) is 22.6 Å². The Bertz CT molecular complexity index is 597. The molecule has 0 aromatic carbocycles. The van der Waals surface area contributed by atoms with Gasteiger partial charge in [-0.15, -0.1) is 0 Å². The van der Waals surface area contributed by atoms with Gasteiger partial charge in [0.15, 0.2) is 0 Å². The quantitative estimate of drug-likeness (QED) is 0.492. The molecule has 0 aliphatic heterocycles. The Hall–Kier alpha value is -0.130. The van der Waals surface area contributed by atoms with Crippen LogP contribution in [-0.4, -0.2) is 38.8 Å². The van der Waals surface area contributed by atoms with Crippen LogP contribution in [0.1, 0.15) is 72.1 Å². The fraction of sp³-hybridized carbons (Fsp3) is 0.952. The van der Waals surface area contributed by atoms with Crippen LogP contribution >= 0.6 is 15.9 Å². The number of ether oxygens (including phenoxy) is 1. The molecule has 0 aromatic heterocycles. The SMILES string of the molecule is CC(=O)O[C@H]1CC[C@H]2[C@@H]3CC[C@]4(O)[C@@H](O)[C@H](Br)CC[C@]4(C)[C@H]3CC[C@]12C. The number of hydrogen-bond acceptors (Lipinski definition) is 4. The number of carbonyl (C=O) groups is 1. The molecule has 0 unspecified atom stereocenters. The molecule has 0 spiro atoms. The van der Waals surface area contributed by atoms with Crippen LogP contribution in [0.25, 0.3) is 0 Å². The number of carbonyl (C=O) groups excluding carboxylic acids is 1. The van der Waals surface area contributed by atoms with E-state index in [9.17, 15) is 15.0 Å². The van der Waals surface area contributed by atoms with Crippen molar-refractivity contribution in [1.82, 2.24) is 0 Å². The monoisotopic (exact) mass is 428 g/mol. The summed E-state index contributed by atoms with van der Waals surface area (Å²) in [5, 5.41) is 22.4. The van der Waals surface area contributed by atoms with Crippen LogP contribution in [0.5, 0.6) is 0 Å². The van der Waals surface area contributed by atoms with E-state index in [0.29, 0.717) is 24.2 Å². The molecule has 4 fully saturated rings. The summed E-state index contributed by atoms with van der Waals surface area (Å²) >= 11 is 3.59. The summed E-state index contributed by atoms with van der Waals surface area (Å²) in [5.41, 5.74) is -1.13. The molecular weight excluding hydrogens is 396 g/mol. The highest BCUT2D eigenvalue weighted by atomic mass is 79.9. The Kier molecular flexibility index (Phi) is 4.57. The van der Waals surface area contributed by atoms with Crippen LogP contribution in [-0.2, 0) is 9.53 Å². The second kappa shape index (κ2) is 6.18. The molecular formula is C21H33BrO4. The number of hydrogen-bond donors (Lipinski definition) is 2. The average Bonchev–Trinajstić information content (AvgIpc) is 2.90. The number of aliphatic hydroxyl groups is 2. The maximum absolute atomic E-state index is 11.6. The number of rotatable bonds is 1. The zero-order valence-electron chi connectivity index (χ0n) is 16.2. The molecule has 4 aliphatic carbocycles.